The van der Waals surface area contributed by atoms with Gasteiger partial charge in [-0.05, 0) is 116 Å². The lowest BCUT2D eigenvalue weighted by Crippen LogP contribution is -2.30. The lowest BCUT2D eigenvalue weighted by molar-refractivity contribution is -0.167. The summed E-state index contributed by atoms with van der Waals surface area (Å²) < 4.78 is 16.9. The van der Waals surface area contributed by atoms with Crippen LogP contribution in [-0.4, -0.2) is 37.2 Å². The number of rotatable bonds is 58. The van der Waals surface area contributed by atoms with Crippen LogP contribution in [-0.2, 0) is 28.6 Å². The van der Waals surface area contributed by atoms with Crippen molar-refractivity contribution in [2.45, 2.75) is 322 Å². The van der Waals surface area contributed by atoms with Gasteiger partial charge in [0, 0.05) is 19.3 Å². The first-order valence-electron chi connectivity index (χ1n) is 32.1. The third kappa shape index (κ3) is 61.3. The highest BCUT2D eigenvalue weighted by atomic mass is 16.6. The zero-order valence-corrected chi connectivity index (χ0v) is 49.6. The zero-order chi connectivity index (χ0) is 54.3. The maximum Gasteiger partial charge on any atom is 0.306 e. The van der Waals surface area contributed by atoms with Crippen molar-refractivity contribution in [3.63, 3.8) is 0 Å². The first-order valence-corrected chi connectivity index (χ1v) is 32.1. The molecule has 1 atom stereocenters. The van der Waals surface area contributed by atoms with Crippen molar-refractivity contribution in [3.05, 3.63) is 85.1 Å². The minimum absolute atomic E-state index is 0.0854. The largest absolute Gasteiger partial charge is 0.462 e. The number of allylic oxidation sites excluding steroid dienone is 14. The summed E-state index contributed by atoms with van der Waals surface area (Å²) >= 11 is 0. The second-order valence-electron chi connectivity index (χ2n) is 21.3. The number of hydrogen-bond donors (Lipinski definition) is 0. The van der Waals surface area contributed by atoms with Gasteiger partial charge >= 0.3 is 17.9 Å². The molecule has 0 aromatic carbocycles. The summed E-state index contributed by atoms with van der Waals surface area (Å²) in [6, 6.07) is 0. The standard InChI is InChI=1S/C69H120O6/c1-4-7-10-13-16-19-22-25-28-30-32-34-36-38-41-44-47-50-53-56-59-62-68(71)74-65-66(64-73-67(70)61-58-55-52-49-46-43-40-27-24-21-18-15-12-9-6-3)75-69(72)63-60-57-54-51-48-45-42-39-37-35-33-31-29-26-23-20-17-14-11-8-5-2/h9,12,18,21-23,25-27,30-33,40,66H,4-8,10-11,13-17,19-20,24,28-29,34-39,41-65H2,1-3H3/b12-9-,21-18-,25-22-,26-23-,32-30-,33-31-,40-27-. The quantitative estimate of drug-likeness (QED) is 0.0261. The van der Waals surface area contributed by atoms with Gasteiger partial charge in [-0.3, -0.25) is 14.4 Å². The van der Waals surface area contributed by atoms with Crippen molar-refractivity contribution >= 4 is 17.9 Å². The minimum Gasteiger partial charge on any atom is -0.462 e. The Morgan fingerprint density at radius 1 is 0.280 bits per heavy atom. The van der Waals surface area contributed by atoms with Gasteiger partial charge in [0.1, 0.15) is 13.2 Å². The third-order valence-electron chi connectivity index (χ3n) is 13.9. The van der Waals surface area contributed by atoms with Crippen LogP contribution in [0.4, 0.5) is 0 Å². The van der Waals surface area contributed by atoms with E-state index in [9.17, 15) is 14.4 Å². The highest BCUT2D eigenvalue weighted by Gasteiger charge is 2.19. The number of unbranched alkanes of at least 4 members (excludes halogenated alkanes) is 33. The first-order chi connectivity index (χ1) is 37.0. The van der Waals surface area contributed by atoms with Crippen molar-refractivity contribution in [2.75, 3.05) is 13.2 Å². The Hall–Kier alpha value is -3.41. The van der Waals surface area contributed by atoms with Crippen LogP contribution in [0.15, 0.2) is 85.1 Å². The van der Waals surface area contributed by atoms with Gasteiger partial charge in [0.2, 0.25) is 0 Å². The van der Waals surface area contributed by atoms with Gasteiger partial charge in [-0.25, -0.2) is 0 Å². The molecule has 0 aliphatic heterocycles. The van der Waals surface area contributed by atoms with Crippen LogP contribution in [0.25, 0.3) is 0 Å². The van der Waals surface area contributed by atoms with E-state index in [0.717, 1.165) is 109 Å². The van der Waals surface area contributed by atoms with Crippen LogP contribution >= 0.6 is 0 Å². The summed E-state index contributed by atoms with van der Waals surface area (Å²) in [4.78, 5) is 38.3. The molecule has 0 aromatic rings. The van der Waals surface area contributed by atoms with E-state index in [-0.39, 0.29) is 31.1 Å². The van der Waals surface area contributed by atoms with E-state index < -0.39 is 6.10 Å². The Morgan fingerprint density at radius 3 is 0.813 bits per heavy atom. The molecule has 0 saturated carbocycles. The molecule has 0 amide bonds. The second-order valence-corrected chi connectivity index (χ2v) is 21.3. The molecule has 0 radical (unpaired) electrons. The summed E-state index contributed by atoms with van der Waals surface area (Å²) in [7, 11) is 0. The SMILES string of the molecule is CC/C=C\C/C=C\C/C=C\CCCCCCCC(=O)OCC(COC(=O)CCCCCCCCCCC/C=C\C/C=C\CCCCCCC)OC(=O)CCCCCCCCCCC/C=C\C/C=C\CCCCCCC. The van der Waals surface area contributed by atoms with Crippen LogP contribution in [0.5, 0.6) is 0 Å². The Bertz CT molecular complexity index is 1430. The van der Waals surface area contributed by atoms with Gasteiger partial charge < -0.3 is 14.2 Å². The Labute approximate surface area is 465 Å². The average molecular weight is 1050 g/mol. The van der Waals surface area contributed by atoms with Gasteiger partial charge in [-0.2, -0.15) is 0 Å². The molecule has 6 nitrogen and oxygen atoms in total. The maximum atomic E-state index is 12.9. The van der Waals surface area contributed by atoms with Gasteiger partial charge in [0.05, 0.1) is 0 Å². The van der Waals surface area contributed by atoms with Crippen LogP contribution < -0.4 is 0 Å². The molecular formula is C69H120O6. The van der Waals surface area contributed by atoms with E-state index in [1.807, 2.05) is 0 Å². The molecule has 0 bridgehead atoms. The van der Waals surface area contributed by atoms with Gasteiger partial charge in [-0.1, -0.05) is 266 Å². The fourth-order valence-electron chi connectivity index (χ4n) is 9.05. The van der Waals surface area contributed by atoms with Gasteiger partial charge in [0.15, 0.2) is 6.10 Å². The van der Waals surface area contributed by atoms with Crippen molar-refractivity contribution < 1.29 is 28.6 Å². The summed E-state index contributed by atoms with van der Waals surface area (Å²) in [6.07, 6.45) is 83.0. The molecule has 0 N–H and O–H groups in total. The summed E-state index contributed by atoms with van der Waals surface area (Å²) in [5.74, 6) is -0.899. The Balaban J connectivity index is 4.38. The molecule has 432 valence electrons. The van der Waals surface area contributed by atoms with Gasteiger partial charge in [0.25, 0.3) is 0 Å². The van der Waals surface area contributed by atoms with E-state index in [2.05, 4.69) is 106 Å². The molecule has 0 aromatic heterocycles. The molecule has 0 heterocycles. The Morgan fingerprint density at radius 2 is 0.520 bits per heavy atom. The van der Waals surface area contributed by atoms with Crippen molar-refractivity contribution in [1.82, 2.24) is 0 Å². The van der Waals surface area contributed by atoms with Crippen molar-refractivity contribution in [1.29, 1.82) is 0 Å². The third-order valence-corrected chi connectivity index (χ3v) is 13.9. The van der Waals surface area contributed by atoms with E-state index in [0.29, 0.717) is 19.3 Å². The number of carbonyl (C=O) groups excluding carboxylic acids is 3. The lowest BCUT2D eigenvalue weighted by atomic mass is 10.1. The normalized spacial score (nSPS) is 12.6. The van der Waals surface area contributed by atoms with E-state index in [1.165, 1.54) is 167 Å². The van der Waals surface area contributed by atoms with Crippen molar-refractivity contribution in [2.24, 2.45) is 0 Å². The molecule has 0 aliphatic carbocycles. The molecule has 0 rings (SSSR count). The Kier molecular flexibility index (Phi) is 60.3. The first kappa shape index (κ1) is 71.6. The molecule has 0 spiro atoms. The van der Waals surface area contributed by atoms with E-state index in [1.54, 1.807) is 0 Å². The number of carbonyl (C=O) groups is 3. The molecule has 0 saturated heterocycles. The van der Waals surface area contributed by atoms with Crippen molar-refractivity contribution in [3.8, 4) is 0 Å². The van der Waals surface area contributed by atoms with Crippen LogP contribution in [0.1, 0.15) is 316 Å². The number of hydrogen-bond acceptors (Lipinski definition) is 6. The smallest absolute Gasteiger partial charge is 0.306 e. The van der Waals surface area contributed by atoms with Crippen LogP contribution in [0.2, 0.25) is 0 Å². The highest BCUT2D eigenvalue weighted by Crippen LogP contribution is 2.16. The molecule has 1 unspecified atom stereocenters. The topological polar surface area (TPSA) is 78.9 Å². The molecule has 0 aliphatic rings. The monoisotopic (exact) mass is 1040 g/mol. The summed E-state index contributed by atoms with van der Waals surface area (Å²) in [5.41, 5.74) is 0. The highest BCUT2D eigenvalue weighted by molar-refractivity contribution is 5.71. The fourth-order valence-corrected chi connectivity index (χ4v) is 9.05. The van der Waals surface area contributed by atoms with Crippen LogP contribution in [0.3, 0.4) is 0 Å². The summed E-state index contributed by atoms with van der Waals surface area (Å²) in [6.45, 7) is 6.52. The van der Waals surface area contributed by atoms with Crippen LogP contribution in [0, 0.1) is 0 Å². The molecule has 6 heteroatoms. The molecule has 75 heavy (non-hydrogen) atoms. The number of esters is 3. The van der Waals surface area contributed by atoms with Gasteiger partial charge in [-0.15, -0.1) is 0 Å². The lowest BCUT2D eigenvalue weighted by Gasteiger charge is -2.18. The predicted octanol–water partition coefficient (Wildman–Crippen LogP) is 21.9. The number of ether oxygens (including phenoxy) is 3. The average Bonchev–Trinajstić information content (AvgIpc) is 3.41. The fraction of sp³-hybridized carbons (Fsp3) is 0.754. The maximum absolute atomic E-state index is 12.9. The molecule has 0 fully saturated rings. The molecular weight excluding hydrogens is 925 g/mol. The van der Waals surface area contributed by atoms with E-state index in [4.69, 9.17) is 14.2 Å². The second kappa shape index (κ2) is 63.1. The minimum atomic E-state index is -0.790. The van der Waals surface area contributed by atoms with E-state index >= 15 is 0 Å². The summed E-state index contributed by atoms with van der Waals surface area (Å²) in [5, 5.41) is 0. The predicted molar refractivity (Wildman–Crippen MR) is 325 cm³/mol. The zero-order valence-electron chi connectivity index (χ0n) is 49.6.